The first-order valence-electron chi connectivity index (χ1n) is 6.40. The van der Waals surface area contributed by atoms with Crippen molar-refractivity contribution in [3.63, 3.8) is 0 Å². The number of carbonyl (C=O) groups is 3. The van der Waals surface area contributed by atoms with Crippen molar-refractivity contribution in [2.24, 2.45) is 0 Å². The zero-order valence-corrected chi connectivity index (χ0v) is 11.5. The van der Waals surface area contributed by atoms with Gasteiger partial charge in [-0.05, 0) is 19.8 Å². The molecule has 0 aliphatic carbocycles. The van der Waals surface area contributed by atoms with E-state index in [1.807, 2.05) is 6.92 Å². The Labute approximate surface area is 116 Å². The molecule has 2 amide bonds. The summed E-state index contributed by atoms with van der Waals surface area (Å²) in [5, 5.41) is 13.9. The number of aliphatic carboxylic acids is 1. The predicted molar refractivity (Wildman–Crippen MR) is 68.2 cm³/mol. The Morgan fingerprint density at radius 3 is 2.70 bits per heavy atom. The van der Waals surface area contributed by atoms with Gasteiger partial charge in [-0.1, -0.05) is 0 Å². The Bertz CT molecular complexity index is 373. The van der Waals surface area contributed by atoms with E-state index < -0.39 is 30.4 Å². The quantitative estimate of drug-likeness (QED) is 0.607. The minimum atomic E-state index is -1.31. The zero-order valence-electron chi connectivity index (χ0n) is 11.5. The Kier molecular flexibility index (Phi) is 6.23. The molecule has 1 heterocycles. The molecule has 1 aliphatic rings. The SMILES string of the molecule is COC(=O)C[C@H](NC(=O)NC1CCOC(C)C1)C(=O)O. The van der Waals surface area contributed by atoms with Crippen LogP contribution in [0.3, 0.4) is 0 Å². The molecule has 20 heavy (non-hydrogen) atoms. The molecular formula is C12H20N2O6. The number of nitrogens with one attached hydrogen (secondary N) is 2. The molecule has 0 saturated carbocycles. The van der Waals surface area contributed by atoms with Crippen molar-refractivity contribution in [3.8, 4) is 0 Å². The minimum Gasteiger partial charge on any atom is -0.480 e. The molecule has 0 aromatic rings. The molecular weight excluding hydrogens is 268 g/mol. The average molecular weight is 288 g/mol. The third-order valence-electron chi connectivity index (χ3n) is 3.02. The summed E-state index contributed by atoms with van der Waals surface area (Å²) >= 11 is 0. The van der Waals surface area contributed by atoms with Gasteiger partial charge in [-0.3, -0.25) is 4.79 Å². The predicted octanol–water partition coefficient (Wildman–Crippen LogP) is -0.131. The van der Waals surface area contributed by atoms with E-state index in [4.69, 9.17) is 9.84 Å². The molecule has 8 nitrogen and oxygen atoms in total. The van der Waals surface area contributed by atoms with E-state index in [1.54, 1.807) is 0 Å². The van der Waals surface area contributed by atoms with Gasteiger partial charge >= 0.3 is 18.0 Å². The van der Waals surface area contributed by atoms with E-state index in [9.17, 15) is 14.4 Å². The van der Waals surface area contributed by atoms with Gasteiger partial charge in [0, 0.05) is 12.6 Å². The molecule has 8 heteroatoms. The summed E-state index contributed by atoms with van der Waals surface area (Å²) in [6.45, 7) is 2.46. The molecule has 3 atom stereocenters. The van der Waals surface area contributed by atoms with Crippen LogP contribution < -0.4 is 10.6 Å². The lowest BCUT2D eigenvalue weighted by Gasteiger charge is -2.28. The van der Waals surface area contributed by atoms with E-state index in [-0.39, 0.29) is 12.1 Å². The third-order valence-corrected chi connectivity index (χ3v) is 3.02. The van der Waals surface area contributed by atoms with Crippen LogP contribution in [0.4, 0.5) is 4.79 Å². The Balaban J connectivity index is 2.45. The second-order valence-corrected chi connectivity index (χ2v) is 4.69. The number of hydrogen-bond acceptors (Lipinski definition) is 5. The van der Waals surface area contributed by atoms with E-state index >= 15 is 0 Å². The molecule has 1 rings (SSSR count). The van der Waals surface area contributed by atoms with Crippen molar-refractivity contribution in [1.29, 1.82) is 0 Å². The molecule has 0 bridgehead atoms. The van der Waals surface area contributed by atoms with Crippen molar-refractivity contribution < 1.29 is 29.0 Å². The lowest BCUT2D eigenvalue weighted by atomic mass is 10.0. The van der Waals surface area contributed by atoms with Gasteiger partial charge < -0.3 is 25.2 Å². The minimum absolute atomic E-state index is 0.0550. The van der Waals surface area contributed by atoms with Crippen molar-refractivity contribution in [2.75, 3.05) is 13.7 Å². The summed E-state index contributed by atoms with van der Waals surface area (Å²) in [5.41, 5.74) is 0. The highest BCUT2D eigenvalue weighted by Crippen LogP contribution is 2.12. The van der Waals surface area contributed by atoms with Crippen LogP contribution in [0.25, 0.3) is 0 Å². The lowest BCUT2D eigenvalue weighted by Crippen LogP contribution is -2.51. The highest BCUT2D eigenvalue weighted by molar-refractivity contribution is 5.86. The molecule has 0 aromatic carbocycles. The van der Waals surface area contributed by atoms with Crippen molar-refractivity contribution in [2.45, 2.75) is 44.4 Å². The van der Waals surface area contributed by atoms with Crippen LogP contribution in [0.5, 0.6) is 0 Å². The summed E-state index contributed by atoms with van der Waals surface area (Å²) in [7, 11) is 1.16. The van der Waals surface area contributed by atoms with Gasteiger partial charge in [0.25, 0.3) is 0 Å². The molecule has 0 aromatic heterocycles. The number of carbonyl (C=O) groups excluding carboxylic acids is 2. The number of amides is 2. The van der Waals surface area contributed by atoms with Gasteiger partial charge in [0.2, 0.25) is 0 Å². The second kappa shape index (κ2) is 7.68. The van der Waals surface area contributed by atoms with Crippen LogP contribution in [-0.4, -0.2) is 55.0 Å². The van der Waals surface area contributed by atoms with E-state index in [2.05, 4.69) is 15.4 Å². The van der Waals surface area contributed by atoms with Crippen molar-refractivity contribution in [3.05, 3.63) is 0 Å². The van der Waals surface area contributed by atoms with Gasteiger partial charge in [0.05, 0.1) is 19.6 Å². The number of methoxy groups -OCH3 is 1. The number of carboxylic acids is 1. The normalized spacial score (nSPS) is 23.5. The summed E-state index contributed by atoms with van der Waals surface area (Å²) < 4.78 is 9.74. The number of hydrogen-bond donors (Lipinski definition) is 3. The fraction of sp³-hybridized carbons (Fsp3) is 0.750. The largest absolute Gasteiger partial charge is 0.480 e. The molecule has 2 unspecified atom stereocenters. The molecule has 0 spiro atoms. The zero-order chi connectivity index (χ0) is 15.1. The maximum atomic E-state index is 11.7. The van der Waals surface area contributed by atoms with Gasteiger partial charge in [-0.25, -0.2) is 9.59 Å². The van der Waals surface area contributed by atoms with E-state index in [0.29, 0.717) is 19.4 Å². The standard InChI is InChI=1S/C12H20N2O6/c1-7-5-8(3-4-20-7)13-12(18)14-9(11(16)17)6-10(15)19-2/h7-9H,3-6H2,1-2H3,(H,16,17)(H2,13,14,18)/t7?,8?,9-/m0/s1. The average Bonchev–Trinajstić information content (AvgIpc) is 2.37. The van der Waals surface area contributed by atoms with Crippen LogP contribution in [0.2, 0.25) is 0 Å². The first-order chi connectivity index (χ1) is 9.42. The number of urea groups is 1. The number of carboxylic acid groups (broad SMARTS) is 1. The summed E-state index contributed by atoms with van der Waals surface area (Å²) in [6, 6.07) is -1.98. The Hall–Kier alpha value is -1.83. The van der Waals surface area contributed by atoms with Crippen LogP contribution >= 0.6 is 0 Å². The number of ether oxygens (including phenoxy) is 2. The molecule has 3 N–H and O–H groups in total. The van der Waals surface area contributed by atoms with Crippen LogP contribution in [0.15, 0.2) is 0 Å². The number of esters is 1. The highest BCUT2D eigenvalue weighted by atomic mass is 16.5. The highest BCUT2D eigenvalue weighted by Gasteiger charge is 2.26. The molecule has 1 aliphatic heterocycles. The van der Waals surface area contributed by atoms with Crippen LogP contribution in [0.1, 0.15) is 26.2 Å². The van der Waals surface area contributed by atoms with Crippen molar-refractivity contribution >= 4 is 18.0 Å². The summed E-state index contributed by atoms with van der Waals surface area (Å²) in [4.78, 5) is 33.8. The maximum absolute atomic E-state index is 11.7. The van der Waals surface area contributed by atoms with Crippen molar-refractivity contribution in [1.82, 2.24) is 10.6 Å². The summed E-state index contributed by atoms with van der Waals surface area (Å²) in [5.74, 6) is -1.98. The van der Waals surface area contributed by atoms with E-state index in [0.717, 1.165) is 7.11 Å². The van der Waals surface area contributed by atoms with Gasteiger partial charge in [0.15, 0.2) is 0 Å². The number of rotatable bonds is 5. The fourth-order valence-electron chi connectivity index (χ4n) is 1.96. The smallest absolute Gasteiger partial charge is 0.326 e. The topological polar surface area (TPSA) is 114 Å². The molecule has 0 radical (unpaired) electrons. The first-order valence-corrected chi connectivity index (χ1v) is 6.40. The maximum Gasteiger partial charge on any atom is 0.326 e. The van der Waals surface area contributed by atoms with E-state index in [1.165, 1.54) is 0 Å². The van der Waals surface area contributed by atoms with Gasteiger partial charge in [0.1, 0.15) is 6.04 Å². The molecule has 1 fully saturated rings. The van der Waals surface area contributed by atoms with Crippen LogP contribution in [-0.2, 0) is 19.1 Å². The second-order valence-electron chi connectivity index (χ2n) is 4.69. The first kappa shape index (κ1) is 16.2. The van der Waals surface area contributed by atoms with Crippen LogP contribution in [0, 0.1) is 0 Å². The Morgan fingerprint density at radius 2 is 2.15 bits per heavy atom. The molecule has 1 saturated heterocycles. The monoisotopic (exact) mass is 288 g/mol. The molecule has 114 valence electrons. The third kappa shape index (κ3) is 5.43. The fourth-order valence-corrected chi connectivity index (χ4v) is 1.96. The van der Waals surface area contributed by atoms with Gasteiger partial charge in [-0.2, -0.15) is 0 Å². The summed E-state index contributed by atoms with van der Waals surface area (Å²) in [6.07, 6.45) is 0.984. The lowest BCUT2D eigenvalue weighted by molar-refractivity contribution is -0.147. The Morgan fingerprint density at radius 1 is 1.45 bits per heavy atom. The van der Waals surface area contributed by atoms with Gasteiger partial charge in [-0.15, -0.1) is 0 Å².